The van der Waals surface area contributed by atoms with Crippen LogP contribution in [-0.2, 0) is 4.74 Å². The third kappa shape index (κ3) is 3.92. The zero-order valence-corrected chi connectivity index (χ0v) is 12.4. The van der Waals surface area contributed by atoms with Gasteiger partial charge < -0.3 is 15.4 Å². The Morgan fingerprint density at radius 1 is 1.53 bits per heavy atom. The van der Waals surface area contributed by atoms with Crippen molar-refractivity contribution in [3.05, 3.63) is 22.4 Å². The van der Waals surface area contributed by atoms with E-state index in [0.29, 0.717) is 18.5 Å². The Morgan fingerprint density at radius 2 is 2.26 bits per heavy atom. The zero-order chi connectivity index (χ0) is 13.7. The molecule has 2 N–H and O–H groups in total. The van der Waals surface area contributed by atoms with Gasteiger partial charge in [0.05, 0.1) is 25.8 Å². The lowest BCUT2D eigenvalue weighted by atomic mass is 10.2. The molecule has 19 heavy (non-hydrogen) atoms. The first kappa shape index (κ1) is 14.3. The predicted molar refractivity (Wildman–Crippen MR) is 79.6 cm³/mol. The van der Waals surface area contributed by atoms with Crippen LogP contribution in [0.4, 0.5) is 0 Å². The number of hydrogen-bond acceptors (Lipinski definition) is 4. The molecule has 0 radical (unpaired) electrons. The molecule has 1 aliphatic rings. The highest BCUT2D eigenvalue weighted by atomic mass is 32.1. The number of rotatable bonds is 4. The van der Waals surface area contributed by atoms with E-state index in [1.165, 1.54) is 4.88 Å². The molecule has 5 nitrogen and oxygen atoms in total. The van der Waals surface area contributed by atoms with E-state index in [9.17, 15) is 0 Å². The number of thiophene rings is 1. The number of nitrogens with zero attached hydrogens (tertiary/aromatic N) is 3. The minimum absolute atomic E-state index is 0.308. The molecule has 1 saturated heterocycles. The third-order valence-electron chi connectivity index (χ3n) is 3.24. The van der Waals surface area contributed by atoms with Gasteiger partial charge in [-0.3, -0.25) is 9.89 Å². The van der Waals surface area contributed by atoms with Crippen LogP contribution in [0, 0.1) is 0 Å². The lowest BCUT2D eigenvalue weighted by Gasteiger charge is -2.33. The van der Waals surface area contributed by atoms with Crippen molar-refractivity contribution in [3.63, 3.8) is 0 Å². The van der Waals surface area contributed by atoms with Gasteiger partial charge in [0.1, 0.15) is 0 Å². The van der Waals surface area contributed by atoms with Gasteiger partial charge in [0.2, 0.25) is 0 Å². The summed E-state index contributed by atoms with van der Waals surface area (Å²) in [4.78, 5) is 10.1. The molecular weight excluding hydrogens is 260 g/mol. The number of ether oxygens (including phenoxy) is 1. The van der Waals surface area contributed by atoms with Crippen molar-refractivity contribution in [2.75, 3.05) is 46.9 Å². The minimum atomic E-state index is 0.308. The fourth-order valence-corrected chi connectivity index (χ4v) is 2.93. The lowest BCUT2D eigenvalue weighted by molar-refractivity contribution is 0.0186. The van der Waals surface area contributed by atoms with E-state index in [-0.39, 0.29) is 0 Å². The van der Waals surface area contributed by atoms with E-state index < -0.39 is 0 Å². The molecule has 2 rings (SSSR count). The summed E-state index contributed by atoms with van der Waals surface area (Å²) in [6.45, 7) is 4.22. The SMILES string of the molecule is CN(C)C(N)=NCC(c1cccs1)N1CCOCC1. The third-order valence-corrected chi connectivity index (χ3v) is 4.22. The molecule has 2 heterocycles. The Morgan fingerprint density at radius 3 is 2.84 bits per heavy atom. The van der Waals surface area contributed by atoms with E-state index in [0.717, 1.165) is 26.3 Å². The van der Waals surface area contributed by atoms with Crippen molar-refractivity contribution in [2.24, 2.45) is 10.7 Å². The molecule has 1 aliphatic heterocycles. The average molecular weight is 282 g/mol. The van der Waals surface area contributed by atoms with Gasteiger partial charge in [0, 0.05) is 32.1 Å². The van der Waals surface area contributed by atoms with Crippen LogP contribution in [0.1, 0.15) is 10.9 Å². The smallest absolute Gasteiger partial charge is 0.190 e. The number of nitrogens with two attached hydrogens (primary N) is 1. The van der Waals surface area contributed by atoms with Crippen LogP contribution in [0.15, 0.2) is 22.5 Å². The minimum Gasteiger partial charge on any atom is -0.379 e. The van der Waals surface area contributed by atoms with Gasteiger partial charge in [0.15, 0.2) is 5.96 Å². The number of aliphatic imine (C=N–C) groups is 1. The Kier molecular flexibility index (Phi) is 5.18. The van der Waals surface area contributed by atoms with Crippen LogP contribution in [0.5, 0.6) is 0 Å². The molecule has 6 heteroatoms. The number of guanidine groups is 1. The molecule has 1 fully saturated rings. The fraction of sp³-hybridized carbons (Fsp3) is 0.615. The highest BCUT2D eigenvalue weighted by molar-refractivity contribution is 7.10. The van der Waals surface area contributed by atoms with Crippen LogP contribution < -0.4 is 5.73 Å². The summed E-state index contributed by atoms with van der Waals surface area (Å²) in [6.07, 6.45) is 0. The first-order chi connectivity index (χ1) is 9.18. The predicted octanol–water partition coefficient (Wildman–Crippen LogP) is 0.998. The molecule has 0 amide bonds. The molecule has 1 aromatic heterocycles. The van der Waals surface area contributed by atoms with Gasteiger partial charge in [-0.25, -0.2) is 0 Å². The second-order valence-electron chi connectivity index (χ2n) is 4.77. The zero-order valence-electron chi connectivity index (χ0n) is 11.6. The normalized spacial score (nSPS) is 19.4. The summed E-state index contributed by atoms with van der Waals surface area (Å²) in [5.74, 6) is 0.579. The average Bonchev–Trinajstić information content (AvgIpc) is 2.94. The monoisotopic (exact) mass is 282 g/mol. The molecule has 0 saturated carbocycles. The molecule has 0 aliphatic carbocycles. The molecule has 106 valence electrons. The van der Waals surface area contributed by atoms with E-state index in [1.807, 2.05) is 19.0 Å². The summed E-state index contributed by atoms with van der Waals surface area (Å²) in [5, 5.41) is 2.11. The van der Waals surface area contributed by atoms with Crippen molar-refractivity contribution in [2.45, 2.75) is 6.04 Å². The maximum Gasteiger partial charge on any atom is 0.190 e. The second kappa shape index (κ2) is 6.88. The molecule has 0 bridgehead atoms. The highest BCUT2D eigenvalue weighted by Gasteiger charge is 2.23. The molecule has 0 spiro atoms. The van der Waals surface area contributed by atoms with Gasteiger partial charge in [-0.15, -0.1) is 11.3 Å². The van der Waals surface area contributed by atoms with E-state index in [4.69, 9.17) is 10.5 Å². The summed E-state index contributed by atoms with van der Waals surface area (Å²) in [5.41, 5.74) is 5.88. The van der Waals surface area contributed by atoms with Gasteiger partial charge in [-0.1, -0.05) is 6.07 Å². The van der Waals surface area contributed by atoms with Crippen molar-refractivity contribution < 1.29 is 4.74 Å². The van der Waals surface area contributed by atoms with Gasteiger partial charge >= 0.3 is 0 Å². The Labute approximate surface area is 118 Å². The summed E-state index contributed by atoms with van der Waals surface area (Å²) in [6, 6.07) is 4.57. The Balaban J connectivity index is 2.08. The van der Waals surface area contributed by atoms with Gasteiger partial charge in [0.25, 0.3) is 0 Å². The largest absolute Gasteiger partial charge is 0.379 e. The highest BCUT2D eigenvalue weighted by Crippen LogP contribution is 2.26. The number of morpholine rings is 1. The van der Waals surface area contributed by atoms with Crippen LogP contribution in [-0.4, -0.2) is 62.7 Å². The second-order valence-corrected chi connectivity index (χ2v) is 5.75. The molecule has 1 aromatic rings. The lowest BCUT2D eigenvalue weighted by Crippen LogP contribution is -2.40. The number of hydrogen-bond donors (Lipinski definition) is 1. The Hall–Kier alpha value is -1.11. The van der Waals surface area contributed by atoms with Crippen molar-refractivity contribution >= 4 is 17.3 Å². The topological polar surface area (TPSA) is 54.1 Å². The summed E-state index contributed by atoms with van der Waals surface area (Å²) >= 11 is 1.78. The molecule has 1 unspecified atom stereocenters. The van der Waals surface area contributed by atoms with E-state index in [1.54, 1.807) is 11.3 Å². The van der Waals surface area contributed by atoms with Crippen molar-refractivity contribution in [3.8, 4) is 0 Å². The first-order valence-corrected chi connectivity index (χ1v) is 7.39. The van der Waals surface area contributed by atoms with Crippen LogP contribution >= 0.6 is 11.3 Å². The fourth-order valence-electron chi connectivity index (χ4n) is 2.08. The molecular formula is C13H22N4OS. The summed E-state index contributed by atoms with van der Waals surface area (Å²) < 4.78 is 5.42. The van der Waals surface area contributed by atoms with E-state index in [2.05, 4.69) is 27.4 Å². The van der Waals surface area contributed by atoms with Crippen molar-refractivity contribution in [1.82, 2.24) is 9.80 Å². The maximum atomic E-state index is 5.88. The standard InChI is InChI=1S/C13H22N4OS/c1-16(2)13(14)15-10-11(12-4-3-9-19-12)17-5-7-18-8-6-17/h3-4,9,11H,5-8,10H2,1-2H3,(H2,14,15). The van der Waals surface area contributed by atoms with Crippen LogP contribution in [0.3, 0.4) is 0 Å². The molecule has 0 aromatic carbocycles. The Bertz CT molecular complexity index is 399. The van der Waals surface area contributed by atoms with Crippen LogP contribution in [0.2, 0.25) is 0 Å². The van der Waals surface area contributed by atoms with Crippen molar-refractivity contribution in [1.29, 1.82) is 0 Å². The first-order valence-electron chi connectivity index (χ1n) is 6.51. The summed E-state index contributed by atoms with van der Waals surface area (Å²) in [7, 11) is 3.82. The quantitative estimate of drug-likeness (QED) is 0.661. The van der Waals surface area contributed by atoms with Gasteiger partial charge in [-0.2, -0.15) is 0 Å². The van der Waals surface area contributed by atoms with Crippen LogP contribution in [0.25, 0.3) is 0 Å². The maximum absolute atomic E-state index is 5.88. The molecule has 1 atom stereocenters. The van der Waals surface area contributed by atoms with E-state index >= 15 is 0 Å². The van der Waals surface area contributed by atoms with Gasteiger partial charge in [-0.05, 0) is 11.4 Å².